The van der Waals surface area contributed by atoms with E-state index < -0.39 is 0 Å². The number of hydrogen-bond donors (Lipinski definition) is 2. The molecule has 128 valence electrons. The smallest absolute Gasteiger partial charge is 0.120 e. The van der Waals surface area contributed by atoms with Gasteiger partial charge in [-0.25, -0.2) is 0 Å². The van der Waals surface area contributed by atoms with Crippen molar-refractivity contribution in [2.45, 2.75) is 32.2 Å². The molecule has 0 bridgehead atoms. The van der Waals surface area contributed by atoms with Crippen molar-refractivity contribution in [3.8, 4) is 5.75 Å². The number of aromatic nitrogens is 1. The molecule has 4 nitrogen and oxygen atoms in total. The summed E-state index contributed by atoms with van der Waals surface area (Å²) < 4.78 is 0. The lowest BCUT2D eigenvalue weighted by Crippen LogP contribution is -2.38. The van der Waals surface area contributed by atoms with E-state index in [2.05, 4.69) is 34.3 Å². The highest BCUT2D eigenvalue weighted by Crippen LogP contribution is 2.27. The first-order valence-corrected chi connectivity index (χ1v) is 8.94. The summed E-state index contributed by atoms with van der Waals surface area (Å²) in [6.45, 7) is 5.38. The molecule has 1 saturated heterocycles. The number of piperidine rings is 1. The number of nitrogens with zero attached hydrogens (tertiary/aromatic N) is 2. The molecule has 1 fully saturated rings. The average molecular weight is 325 g/mol. The molecule has 2 N–H and O–H groups in total. The quantitative estimate of drug-likeness (QED) is 0.849. The summed E-state index contributed by atoms with van der Waals surface area (Å²) in [5.74, 6) is 1.09. The Labute approximate surface area is 144 Å². The van der Waals surface area contributed by atoms with E-state index in [0.717, 1.165) is 31.6 Å². The van der Waals surface area contributed by atoms with E-state index in [-0.39, 0.29) is 6.04 Å². The summed E-state index contributed by atoms with van der Waals surface area (Å²) in [7, 11) is 0. The maximum absolute atomic E-state index is 10.1. The van der Waals surface area contributed by atoms with Gasteiger partial charge in [-0.2, -0.15) is 0 Å². The molecular formula is C20H27N3O. The van der Waals surface area contributed by atoms with Crippen LogP contribution in [0.4, 0.5) is 5.69 Å². The summed E-state index contributed by atoms with van der Waals surface area (Å²) in [4.78, 5) is 6.54. The summed E-state index contributed by atoms with van der Waals surface area (Å²) in [6, 6.07) is 12.1. The topological polar surface area (TPSA) is 48.4 Å². The van der Waals surface area contributed by atoms with Gasteiger partial charge in [0.1, 0.15) is 5.75 Å². The molecule has 0 saturated carbocycles. The molecular weight excluding hydrogens is 298 g/mol. The molecule has 2 aromatic rings. The number of anilines is 1. The highest BCUT2D eigenvalue weighted by Gasteiger charge is 2.21. The van der Waals surface area contributed by atoms with Crippen molar-refractivity contribution in [1.29, 1.82) is 0 Å². The Balaban J connectivity index is 1.50. The zero-order valence-corrected chi connectivity index (χ0v) is 14.4. The second kappa shape index (κ2) is 8.15. The molecule has 0 aliphatic carbocycles. The van der Waals surface area contributed by atoms with Gasteiger partial charge in [0.15, 0.2) is 0 Å². The SMILES string of the molecule is CCC(NCC1CCN(c2ccncc2)CC1)c1ccccc1O. The van der Waals surface area contributed by atoms with Crippen LogP contribution in [-0.4, -0.2) is 29.7 Å². The standard InChI is InChI=1S/C20H27N3O/c1-2-19(18-5-3-4-6-20(18)24)22-15-16-9-13-23(14-10-16)17-7-11-21-12-8-17/h3-8,11-12,16,19,22,24H,2,9-10,13-15H2,1H3. The number of phenols is 1. The molecule has 1 aromatic heterocycles. The first-order chi connectivity index (χ1) is 11.8. The normalized spacial score (nSPS) is 17.0. The Morgan fingerprint density at radius 2 is 1.88 bits per heavy atom. The van der Waals surface area contributed by atoms with Crippen molar-refractivity contribution in [2.24, 2.45) is 5.92 Å². The largest absolute Gasteiger partial charge is 0.508 e. The van der Waals surface area contributed by atoms with E-state index in [1.54, 1.807) is 6.07 Å². The van der Waals surface area contributed by atoms with Crippen molar-refractivity contribution in [3.63, 3.8) is 0 Å². The summed E-state index contributed by atoms with van der Waals surface area (Å²) in [6.07, 6.45) is 7.11. The van der Waals surface area contributed by atoms with Crippen molar-refractivity contribution in [2.75, 3.05) is 24.5 Å². The maximum Gasteiger partial charge on any atom is 0.120 e. The van der Waals surface area contributed by atoms with E-state index >= 15 is 0 Å². The third-order valence-electron chi connectivity index (χ3n) is 5.02. The number of hydrogen-bond acceptors (Lipinski definition) is 4. The molecule has 1 aliphatic heterocycles. The van der Waals surface area contributed by atoms with Gasteiger partial charge in [0.05, 0.1) is 0 Å². The van der Waals surface area contributed by atoms with Crippen LogP contribution in [0.1, 0.15) is 37.8 Å². The summed E-state index contributed by atoms with van der Waals surface area (Å²) in [5, 5.41) is 13.7. The second-order valence-corrected chi connectivity index (χ2v) is 6.56. The van der Waals surface area contributed by atoms with Crippen LogP contribution in [0.15, 0.2) is 48.8 Å². The lowest BCUT2D eigenvalue weighted by atomic mass is 9.95. The van der Waals surface area contributed by atoms with Gasteiger partial charge in [0, 0.05) is 42.8 Å². The predicted octanol–water partition coefficient (Wildman–Crippen LogP) is 3.74. The molecule has 1 atom stereocenters. The molecule has 0 spiro atoms. The van der Waals surface area contributed by atoms with Gasteiger partial charge in [0.25, 0.3) is 0 Å². The van der Waals surface area contributed by atoms with Gasteiger partial charge in [0.2, 0.25) is 0 Å². The minimum absolute atomic E-state index is 0.226. The average Bonchev–Trinajstić information content (AvgIpc) is 2.65. The number of aromatic hydroxyl groups is 1. The maximum atomic E-state index is 10.1. The Morgan fingerprint density at radius 1 is 1.17 bits per heavy atom. The van der Waals surface area contributed by atoms with E-state index in [1.807, 2.05) is 30.6 Å². The van der Waals surface area contributed by atoms with Crippen LogP contribution in [0.2, 0.25) is 0 Å². The lowest BCUT2D eigenvalue weighted by Gasteiger charge is -2.34. The highest BCUT2D eigenvalue weighted by atomic mass is 16.3. The first kappa shape index (κ1) is 16.8. The number of phenolic OH excluding ortho intramolecular Hbond substituents is 1. The van der Waals surface area contributed by atoms with Crippen molar-refractivity contribution >= 4 is 5.69 Å². The second-order valence-electron chi connectivity index (χ2n) is 6.56. The molecule has 1 aliphatic rings. The van der Waals surface area contributed by atoms with E-state index in [9.17, 15) is 5.11 Å². The van der Waals surface area contributed by atoms with Crippen LogP contribution in [0.3, 0.4) is 0 Å². The van der Waals surface area contributed by atoms with E-state index in [0.29, 0.717) is 11.7 Å². The third-order valence-corrected chi connectivity index (χ3v) is 5.02. The van der Waals surface area contributed by atoms with Crippen molar-refractivity contribution in [1.82, 2.24) is 10.3 Å². The molecule has 0 radical (unpaired) electrons. The van der Waals surface area contributed by atoms with Crippen molar-refractivity contribution < 1.29 is 5.11 Å². The third kappa shape index (κ3) is 4.06. The minimum atomic E-state index is 0.226. The monoisotopic (exact) mass is 325 g/mol. The van der Waals surface area contributed by atoms with Crippen LogP contribution < -0.4 is 10.2 Å². The van der Waals surface area contributed by atoms with Gasteiger partial charge in [-0.3, -0.25) is 4.98 Å². The Kier molecular flexibility index (Phi) is 5.70. The number of pyridine rings is 1. The van der Waals surface area contributed by atoms with Crippen molar-refractivity contribution in [3.05, 3.63) is 54.4 Å². The van der Waals surface area contributed by atoms with Crippen LogP contribution in [0, 0.1) is 5.92 Å². The number of para-hydroxylation sites is 1. The fourth-order valence-electron chi connectivity index (χ4n) is 3.52. The molecule has 1 aromatic carbocycles. The first-order valence-electron chi connectivity index (χ1n) is 8.94. The predicted molar refractivity (Wildman–Crippen MR) is 98.3 cm³/mol. The molecule has 0 amide bonds. The van der Waals surface area contributed by atoms with Gasteiger partial charge < -0.3 is 15.3 Å². The van der Waals surface area contributed by atoms with Gasteiger partial charge in [-0.05, 0) is 49.9 Å². The fraction of sp³-hybridized carbons (Fsp3) is 0.450. The molecule has 3 rings (SSSR count). The Hall–Kier alpha value is -2.07. The van der Waals surface area contributed by atoms with Gasteiger partial charge in [-0.15, -0.1) is 0 Å². The zero-order chi connectivity index (χ0) is 16.8. The minimum Gasteiger partial charge on any atom is -0.508 e. The number of rotatable bonds is 6. The number of benzene rings is 1. The molecule has 1 unspecified atom stereocenters. The summed E-state index contributed by atoms with van der Waals surface area (Å²) >= 11 is 0. The number of nitrogens with one attached hydrogen (secondary N) is 1. The van der Waals surface area contributed by atoms with Crippen LogP contribution in [0.5, 0.6) is 5.75 Å². The van der Waals surface area contributed by atoms with Gasteiger partial charge in [-0.1, -0.05) is 25.1 Å². The molecule has 24 heavy (non-hydrogen) atoms. The van der Waals surface area contributed by atoms with Crippen LogP contribution in [0.25, 0.3) is 0 Å². The van der Waals surface area contributed by atoms with E-state index in [1.165, 1.54) is 18.5 Å². The van der Waals surface area contributed by atoms with Crippen LogP contribution in [-0.2, 0) is 0 Å². The van der Waals surface area contributed by atoms with Gasteiger partial charge >= 0.3 is 0 Å². The molecule has 2 heterocycles. The fourth-order valence-corrected chi connectivity index (χ4v) is 3.52. The molecule has 4 heteroatoms. The Bertz CT molecular complexity index is 624. The zero-order valence-electron chi connectivity index (χ0n) is 14.4. The van der Waals surface area contributed by atoms with Crippen LogP contribution >= 0.6 is 0 Å². The lowest BCUT2D eigenvalue weighted by molar-refractivity contribution is 0.354. The van der Waals surface area contributed by atoms with E-state index in [4.69, 9.17) is 0 Å². The Morgan fingerprint density at radius 3 is 2.54 bits per heavy atom. The summed E-state index contributed by atoms with van der Waals surface area (Å²) in [5.41, 5.74) is 2.28. The highest BCUT2D eigenvalue weighted by molar-refractivity contribution is 5.44.